The van der Waals surface area contributed by atoms with Crippen molar-refractivity contribution in [3.05, 3.63) is 24.3 Å². The van der Waals surface area contributed by atoms with E-state index in [2.05, 4.69) is 43.5 Å². The van der Waals surface area contributed by atoms with Crippen LogP contribution in [0.15, 0.2) is 24.3 Å². The SMILES string of the molecule is CCCCCCCCC/C=C/CCCC(O)C(O)C(CO)NC(=O)C(O)CCCCCCCC/C=C\CCCCCCCCCCCC. The summed E-state index contributed by atoms with van der Waals surface area (Å²) < 4.78 is 0. The summed E-state index contributed by atoms with van der Waals surface area (Å²) in [7, 11) is 0. The van der Waals surface area contributed by atoms with Gasteiger partial charge in [-0.15, -0.1) is 0 Å². The molecular weight excluding hydrogens is 598 g/mol. The highest BCUT2D eigenvalue weighted by Gasteiger charge is 2.28. The van der Waals surface area contributed by atoms with Crippen molar-refractivity contribution in [2.75, 3.05) is 6.61 Å². The van der Waals surface area contributed by atoms with Gasteiger partial charge >= 0.3 is 0 Å². The Labute approximate surface area is 297 Å². The van der Waals surface area contributed by atoms with Crippen LogP contribution in [-0.4, -0.2) is 57.3 Å². The van der Waals surface area contributed by atoms with Gasteiger partial charge in [0.25, 0.3) is 0 Å². The maximum atomic E-state index is 12.5. The van der Waals surface area contributed by atoms with Crippen molar-refractivity contribution in [3.8, 4) is 0 Å². The molecule has 0 fully saturated rings. The van der Waals surface area contributed by atoms with Crippen LogP contribution in [-0.2, 0) is 4.79 Å². The van der Waals surface area contributed by atoms with Crippen molar-refractivity contribution < 1.29 is 25.2 Å². The van der Waals surface area contributed by atoms with Gasteiger partial charge in [-0.2, -0.15) is 0 Å². The first kappa shape index (κ1) is 46.8. The lowest BCUT2D eigenvalue weighted by atomic mass is 10.00. The molecule has 0 saturated carbocycles. The molecule has 0 aliphatic heterocycles. The zero-order valence-corrected chi connectivity index (χ0v) is 31.7. The molecule has 6 heteroatoms. The highest BCUT2D eigenvalue weighted by molar-refractivity contribution is 5.80. The molecule has 284 valence electrons. The van der Waals surface area contributed by atoms with E-state index in [1.54, 1.807) is 0 Å². The Morgan fingerprint density at radius 2 is 0.854 bits per heavy atom. The summed E-state index contributed by atoms with van der Waals surface area (Å²) in [6, 6.07) is -1.00. The first-order chi connectivity index (χ1) is 23.5. The lowest BCUT2D eigenvalue weighted by Crippen LogP contribution is -2.53. The lowest BCUT2D eigenvalue weighted by Gasteiger charge is -2.27. The van der Waals surface area contributed by atoms with Crippen LogP contribution in [0, 0.1) is 0 Å². The van der Waals surface area contributed by atoms with Gasteiger partial charge in [0.15, 0.2) is 0 Å². The van der Waals surface area contributed by atoms with Gasteiger partial charge in [-0.25, -0.2) is 0 Å². The van der Waals surface area contributed by atoms with Crippen molar-refractivity contribution >= 4 is 5.91 Å². The Morgan fingerprint density at radius 1 is 0.500 bits per heavy atom. The molecule has 1 amide bonds. The van der Waals surface area contributed by atoms with Gasteiger partial charge in [0.2, 0.25) is 5.91 Å². The summed E-state index contributed by atoms with van der Waals surface area (Å²) in [6.07, 6.45) is 40.6. The number of aliphatic hydroxyl groups is 4. The predicted molar refractivity (Wildman–Crippen MR) is 205 cm³/mol. The minimum Gasteiger partial charge on any atom is -0.394 e. The summed E-state index contributed by atoms with van der Waals surface area (Å²) >= 11 is 0. The zero-order valence-electron chi connectivity index (χ0n) is 31.7. The Bertz CT molecular complexity index is 727. The van der Waals surface area contributed by atoms with Crippen LogP contribution in [0.5, 0.6) is 0 Å². The number of amides is 1. The van der Waals surface area contributed by atoms with Gasteiger partial charge < -0.3 is 25.7 Å². The van der Waals surface area contributed by atoms with Crippen LogP contribution in [0.3, 0.4) is 0 Å². The summed E-state index contributed by atoms with van der Waals surface area (Å²) in [5, 5.41) is 43.5. The van der Waals surface area contributed by atoms with Crippen LogP contribution >= 0.6 is 0 Å². The minimum absolute atomic E-state index is 0.357. The number of carbonyl (C=O) groups is 1. The average molecular weight is 680 g/mol. The predicted octanol–water partition coefficient (Wildman–Crippen LogP) is 10.4. The third-order valence-corrected chi connectivity index (χ3v) is 9.63. The molecule has 4 atom stereocenters. The molecule has 48 heavy (non-hydrogen) atoms. The summed E-state index contributed by atoms with van der Waals surface area (Å²) in [5.41, 5.74) is 0. The van der Waals surface area contributed by atoms with Gasteiger partial charge in [0.05, 0.1) is 18.8 Å². The van der Waals surface area contributed by atoms with Crippen molar-refractivity contribution in [2.24, 2.45) is 0 Å². The van der Waals surface area contributed by atoms with Crippen molar-refractivity contribution in [1.29, 1.82) is 0 Å². The summed E-state index contributed by atoms with van der Waals surface area (Å²) in [4.78, 5) is 12.5. The highest BCUT2D eigenvalue weighted by atomic mass is 16.3. The summed E-state index contributed by atoms with van der Waals surface area (Å²) in [6.45, 7) is 4.02. The molecule has 0 heterocycles. The van der Waals surface area contributed by atoms with E-state index in [9.17, 15) is 25.2 Å². The molecule has 0 bridgehead atoms. The second kappa shape index (κ2) is 37.1. The third-order valence-electron chi connectivity index (χ3n) is 9.63. The first-order valence-corrected chi connectivity index (χ1v) is 20.7. The fourth-order valence-electron chi connectivity index (χ4n) is 6.28. The number of aliphatic hydroxyl groups excluding tert-OH is 4. The molecule has 0 saturated heterocycles. The van der Waals surface area contributed by atoms with Crippen molar-refractivity contribution in [3.63, 3.8) is 0 Å². The van der Waals surface area contributed by atoms with E-state index in [1.165, 1.54) is 135 Å². The van der Waals surface area contributed by atoms with Crippen LogP contribution in [0.2, 0.25) is 0 Å². The fraction of sp³-hybridized carbons (Fsp3) is 0.881. The minimum atomic E-state index is -1.28. The molecule has 0 radical (unpaired) electrons. The van der Waals surface area contributed by atoms with E-state index in [0.717, 1.165) is 44.9 Å². The van der Waals surface area contributed by atoms with Crippen molar-refractivity contribution in [2.45, 2.75) is 231 Å². The molecule has 0 aliphatic carbocycles. The Balaban J connectivity index is 3.78. The smallest absolute Gasteiger partial charge is 0.249 e. The third kappa shape index (κ3) is 30.8. The van der Waals surface area contributed by atoms with Crippen LogP contribution in [0.25, 0.3) is 0 Å². The molecule has 5 N–H and O–H groups in total. The Morgan fingerprint density at radius 3 is 1.25 bits per heavy atom. The maximum absolute atomic E-state index is 12.5. The standard InChI is InChI=1S/C42H81NO5/c1-3-5-7-9-11-13-15-17-18-19-20-21-22-23-24-26-28-30-32-34-36-40(46)42(48)43-38(37-44)41(47)39(45)35-33-31-29-27-25-16-14-12-10-8-6-4-2/h21-22,27,29,38-41,44-47H,3-20,23-26,28,30-37H2,1-2H3,(H,43,48)/b22-21-,29-27+. The average Bonchev–Trinajstić information content (AvgIpc) is 3.09. The van der Waals surface area contributed by atoms with E-state index >= 15 is 0 Å². The van der Waals surface area contributed by atoms with Crippen molar-refractivity contribution in [1.82, 2.24) is 5.32 Å². The van der Waals surface area contributed by atoms with Gasteiger partial charge in [0, 0.05) is 0 Å². The molecule has 0 aromatic heterocycles. The zero-order chi connectivity index (χ0) is 35.3. The molecule has 0 rings (SSSR count). The monoisotopic (exact) mass is 680 g/mol. The van der Waals surface area contributed by atoms with Crippen LogP contribution in [0.4, 0.5) is 0 Å². The largest absolute Gasteiger partial charge is 0.394 e. The fourth-order valence-corrected chi connectivity index (χ4v) is 6.28. The Kier molecular flexibility index (Phi) is 36.1. The number of nitrogens with one attached hydrogen (secondary N) is 1. The number of hydrogen-bond acceptors (Lipinski definition) is 5. The van der Waals surface area contributed by atoms with E-state index in [4.69, 9.17) is 0 Å². The molecule has 0 aliphatic rings. The number of allylic oxidation sites excluding steroid dienone is 4. The topological polar surface area (TPSA) is 110 Å². The van der Waals surface area contributed by atoms with Gasteiger partial charge in [-0.05, 0) is 64.2 Å². The number of carbonyl (C=O) groups excluding carboxylic acids is 1. The number of unbranched alkanes of at least 4 members (excludes halogenated alkanes) is 24. The quantitative estimate of drug-likeness (QED) is 0.0332. The van der Waals surface area contributed by atoms with Crippen LogP contribution in [0.1, 0.15) is 206 Å². The number of rotatable bonds is 37. The van der Waals surface area contributed by atoms with E-state index in [0.29, 0.717) is 12.8 Å². The van der Waals surface area contributed by atoms with Gasteiger partial charge in [-0.1, -0.05) is 167 Å². The Hall–Kier alpha value is -1.21. The first-order valence-electron chi connectivity index (χ1n) is 20.7. The number of hydrogen-bond donors (Lipinski definition) is 5. The molecule has 0 spiro atoms. The van der Waals surface area contributed by atoms with Crippen LogP contribution < -0.4 is 5.32 Å². The normalized spacial score (nSPS) is 14.5. The lowest BCUT2D eigenvalue weighted by molar-refractivity contribution is -0.132. The second-order valence-electron chi connectivity index (χ2n) is 14.3. The molecule has 6 nitrogen and oxygen atoms in total. The van der Waals surface area contributed by atoms with Gasteiger partial charge in [-0.3, -0.25) is 4.79 Å². The summed E-state index contributed by atoms with van der Waals surface area (Å²) in [5.74, 6) is -0.599. The molecule has 0 aromatic carbocycles. The second-order valence-corrected chi connectivity index (χ2v) is 14.3. The molecule has 0 aromatic rings. The molecule has 4 unspecified atom stereocenters. The van der Waals surface area contributed by atoms with Gasteiger partial charge in [0.1, 0.15) is 12.2 Å². The van der Waals surface area contributed by atoms with E-state index < -0.39 is 36.9 Å². The van der Waals surface area contributed by atoms with E-state index in [-0.39, 0.29) is 0 Å². The molecular formula is C42H81NO5. The highest BCUT2D eigenvalue weighted by Crippen LogP contribution is 2.15. The maximum Gasteiger partial charge on any atom is 0.249 e. The van der Waals surface area contributed by atoms with E-state index in [1.807, 2.05) is 0 Å².